The second-order valence-electron chi connectivity index (χ2n) is 35.2. The molecular weight excluding hydrogens is 1790 g/mol. The van der Waals surface area contributed by atoms with E-state index in [-0.39, 0.29) is 26.4 Å². The fraction of sp³-hybridized carbons (Fsp3) is 0.0938. The Bertz CT molecular complexity index is 6650. The van der Waals surface area contributed by atoms with E-state index in [1.165, 1.54) is 0 Å². The van der Waals surface area contributed by atoms with Crippen molar-refractivity contribution < 1.29 is 56.8 Å². The molecule has 8 bridgehead atoms. The highest BCUT2D eigenvalue weighted by Gasteiger charge is 2.23. The smallest absolute Gasteiger partial charge is 0.123 e. The number of aromatic amines is 2. The Balaban J connectivity index is 0.658. The summed E-state index contributed by atoms with van der Waals surface area (Å²) in [6.07, 6.45) is 8.41. The highest BCUT2D eigenvalue weighted by Crippen LogP contribution is 2.42. The molecule has 0 radical (unpaired) electrons. The number of H-pyrrole nitrogens is 2. The molecule has 16 heteroatoms. The third-order valence-electron chi connectivity index (χ3n) is 24.7. The molecule has 5 heterocycles. The molecule has 0 saturated carbocycles. The van der Waals surface area contributed by atoms with Gasteiger partial charge >= 0.3 is 0 Å². The van der Waals surface area contributed by atoms with E-state index in [4.69, 9.17) is 66.8 Å². The van der Waals surface area contributed by atoms with E-state index in [1.807, 2.05) is 267 Å². The van der Waals surface area contributed by atoms with Gasteiger partial charge in [0.25, 0.3) is 0 Å². The predicted octanol–water partition coefficient (Wildman–Crippen LogP) is 30.3. The average Bonchev–Trinajstić information content (AvgIpc) is 1.61. The SMILES string of the molecule is C1=Cc2nc1c(-c1ccc(OCc3cc(OCc4ccccc4)cc(OCc4ccccc4)c3)cc1)c1ccc([nH]1)c(-c1ccc(OCc3cc(OCc4ccccc4)cc(OCc4ccccc4)c3)cc1)c1nc(c(-c3ccc(OCc4cc(OCc5ccccc5)cc(OCc5ccccc5)c4)cc3)c3ccc([nH]3)c2-c2ccc(OCc3cc(OCc4ccccc4)cc(OCc4ccccc4)c3)cc2)C=C1. The maximum atomic E-state index is 6.73. The summed E-state index contributed by atoms with van der Waals surface area (Å²) in [6, 6.07) is 146. The first-order valence-corrected chi connectivity index (χ1v) is 48.2. The van der Waals surface area contributed by atoms with Gasteiger partial charge in [-0.2, -0.15) is 0 Å². The average molecular weight is 1890 g/mol. The van der Waals surface area contributed by atoms with Gasteiger partial charge in [-0.25, -0.2) is 9.97 Å². The maximum absolute atomic E-state index is 6.73. The normalized spacial score (nSPS) is 11.3. The van der Waals surface area contributed by atoms with E-state index < -0.39 is 0 Å². The molecule has 16 nitrogen and oxygen atoms in total. The Morgan fingerprint density at radius 3 is 0.444 bits per heavy atom. The van der Waals surface area contributed by atoms with Crippen LogP contribution in [0.4, 0.5) is 0 Å². The van der Waals surface area contributed by atoms with Crippen LogP contribution in [0.5, 0.6) is 69.0 Å². The van der Waals surface area contributed by atoms with Gasteiger partial charge in [0.15, 0.2) is 0 Å². The van der Waals surface area contributed by atoms with Crippen LogP contribution < -0.4 is 56.8 Å². The van der Waals surface area contributed by atoms with Crippen LogP contribution in [0.25, 0.3) is 90.9 Å². The molecule has 2 aliphatic rings. The Morgan fingerprint density at radius 1 is 0.139 bits per heavy atom. The van der Waals surface area contributed by atoms with Gasteiger partial charge < -0.3 is 66.8 Å². The van der Waals surface area contributed by atoms with Gasteiger partial charge in [0.05, 0.1) is 22.8 Å². The maximum Gasteiger partial charge on any atom is 0.123 e. The van der Waals surface area contributed by atoms with E-state index in [0.717, 1.165) is 156 Å². The largest absolute Gasteiger partial charge is 0.489 e. The second-order valence-corrected chi connectivity index (χ2v) is 35.2. The van der Waals surface area contributed by atoms with Gasteiger partial charge in [-0.05, 0) is 235 Å². The van der Waals surface area contributed by atoms with Crippen molar-refractivity contribution in [2.75, 3.05) is 0 Å². The lowest BCUT2D eigenvalue weighted by Crippen LogP contribution is -2.01. The Kier molecular flexibility index (Phi) is 28.8. The van der Waals surface area contributed by atoms with E-state index in [1.54, 1.807) is 0 Å². The molecule has 706 valence electrons. The van der Waals surface area contributed by atoms with Crippen LogP contribution in [0.2, 0.25) is 0 Å². The van der Waals surface area contributed by atoms with Crippen molar-refractivity contribution in [1.29, 1.82) is 0 Å². The minimum Gasteiger partial charge on any atom is -0.489 e. The summed E-state index contributed by atoms with van der Waals surface area (Å²) in [5, 5.41) is 0. The number of aromatic nitrogens is 4. The minimum absolute atomic E-state index is 0.233. The van der Waals surface area contributed by atoms with Crippen molar-refractivity contribution in [3.8, 4) is 114 Å². The first kappa shape index (κ1) is 92.1. The highest BCUT2D eigenvalue weighted by molar-refractivity contribution is 6.00. The van der Waals surface area contributed by atoms with Crippen molar-refractivity contribution in [2.24, 2.45) is 0 Å². The van der Waals surface area contributed by atoms with Crippen molar-refractivity contribution in [2.45, 2.75) is 79.3 Å². The van der Waals surface area contributed by atoms with Crippen LogP contribution in [-0.2, 0) is 79.3 Å². The van der Waals surface area contributed by atoms with Gasteiger partial charge in [-0.15, -0.1) is 0 Å². The zero-order valence-electron chi connectivity index (χ0n) is 79.2. The van der Waals surface area contributed by atoms with E-state index in [2.05, 4.69) is 204 Å². The number of hydrogen-bond acceptors (Lipinski definition) is 14. The van der Waals surface area contributed by atoms with E-state index in [0.29, 0.717) is 122 Å². The lowest BCUT2D eigenvalue weighted by molar-refractivity contribution is 0.281. The fourth-order valence-electron chi connectivity index (χ4n) is 17.4. The molecule has 0 saturated heterocycles. The number of fused-ring (bicyclic) bond motifs is 8. The van der Waals surface area contributed by atoms with Crippen LogP contribution in [0.1, 0.15) is 89.5 Å². The van der Waals surface area contributed by atoms with Crippen LogP contribution in [0.3, 0.4) is 0 Å². The Morgan fingerprint density at radius 2 is 0.285 bits per heavy atom. The highest BCUT2D eigenvalue weighted by atomic mass is 16.5. The third-order valence-corrected chi connectivity index (χ3v) is 24.7. The monoisotopic (exact) mass is 1890 g/mol. The van der Waals surface area contributed by atoms with Crippen LogP contribution in [0, 0.1) is 0 Å². The Labute approximate surface area is 836 Å². The first-order valence-electron chi connectivity index (χ1n) is 48.2. The second kappa shape index (κ2) is 45.1. The topological polar surface area (TPSA) is 168 Å². The minimum atomic E-state index is 0.233. The molecule has 19 aromatic rings. The lowest BCUT2D eigenvalue weighted by Gasteiger charge is -2.14. The molecule has 0 spiro atoms. The van der Waals surface area contributed by atoms with Crippen molar-refractivity contribution in [3.05, 3.63) is 526 Å². The summed E-state index contributed by atoms with van der Waals surface area (Å²) < 4.78 is 78.5. The molecule has 3 aromatic heterocycles. The number of hydrogen-bond donors (Lipinski definition) is 2. The summed E-state index contributed by atoms with van der Waals surface area (Å²) in [6.45, 7) is 4.03. The molecule has 16 aromatic carbocycles. The standard InChI is InChI=1S/C128H102N4O12/c1-9-25-89(26-10-1)77-137-109-65-97(66-110(73-109)138-78-90-27-11-2-12-28-90)85-133-105-49-41-101(42-50-105)125-117-57-59-119(129-117)126(102-43-51-106(52-44-102)134-86-98-67-111(139-79-91-29-13-3-14-30-91)74-112(68-98)140-80-92-31-15-4-16-32-92)121-61-63-123(131-121)128(104-47-55-108(56-48-104)136-88-100-71-115(143-83-95-37-21-7-22-38-95)76-116(72-100)144-84-96-39-23-8-24-40-96)124-64-62-122(132-124)127(120-60-58-118(125)130-120)103-45-53-107(54-46-103)135-87-99-69-113(141-81-93-33-17-5-18-34-93)75-114(70-99)142-82-94-35-19-6-20-36-94/h1-76,129,132H,77-88H2. The molecule has 0 atom stereocenters. The lowest BCUT2D eigenvalue weighted by atomic mass is 10.0. The van der Waals surface area contributed by atoms with E-state index in [9.17, 15) is 0 Å². The molecule has 0 amide bonds. The summed E-state index contributed by atoms with van der Waals surface area (Å²) >= 11 is 0. The molecular formula is C128H102N4O12. The zero-order chi connectivity index (χ0) is 96.6. The molecule has 144 heavy (non-hydrogen) atoms. The van der Waals surface area contributed by atoms with Crippen molar-refractivity contribution in [1.82, 2.24) is 19.9 Å². The van der Waals surface area contributed by atoms with Crippen LogP contribution in [0.15, 0.2) is 437 Å². The number of benzene rings is 16. The van der Waals surface area contributed by atoms with E-state index >= 15 is 0 Å². The zero-order valence-corrected chi connectivity index (χ0v) is 79.2. The molecule has 0 fully saturated rings. The molecule has 2 aliphatic heterocycles. The van der Waals surface area contributed by atoms with Crippen molar-refractivity contribution in [3.63, 3.8) is 0 Å². The molecule has 0 unspecified atom stereocenters. The van der Waals surface area contributed by atoms with Gasteiger partial charge in [0.2, 0.25) is 0 Å². The summed E-state index contributed by atoms with van der Waals surface area (Å²) in [5.74, 6) is 7.98. The quantitative estimate of drug-likeness (QED) is 0.0372. The molecule has 21 rings (SSSR count). The number of rotatable bonds is 40. The van der Waals surface area contributed by atoms with Gasteiger partial charge in [0, 0.05) is 68.6 Å². The molecule has 0 aliphatic carbocycles. The summed E-state index contributed by atoms with van der Waals surface area (Å²) in [7, 11) is 0. The first-order chi connectivity index (χ1) is 71.2. The summed E-state index contributed by atoms with van der Waals surface area (Å²) in [4.78, 5) is 19.5. The van der Waals surface area contributed by atoms with Crippen LogP contribution >= 0.6 is 0 Å². The number of nitrogens with zero attached hydrogens (tertiary/aromatic N) is 2. The van der Waals surface area contributed by atoms with Crippen LogP contribution in [-0.4, -0.2) is 19.9 Å². The van der Waals surface area contributed by atoms with Crippen molar-refractivity contribution >= 4 is 46.4 Å². The molecule has 2 N–H and O–H groups in total. The Hall–Kier alpha value is -18.3. The fourth-order valence-corrected chi connectivity index (χ4v) is 17.4. The van der Waals surface area contributed by atoms with Gasteiger partial charge in [-0.3, -0.25) is 0 Å². The predicted molar refractivity (Wildman–Crippen MR) is 570 cm³/mol. The number of ether oxygens (including phenoxy) is 12. The van der Waals surface area contributed by atoms with Gasteiger partial charge in [0.1, 0.15) is 148 Å². The third kappa shape index (κ3) is 24.2. The summed E-state index contributed by atoms with van der Waals surface area (Å²) in [5.41, 5.74) is 24.9. The van der Waals surface area contributed by atoms with Gasteiger partial charge in [-0.1, -0.05) is 291 Å². The number of nitrogens with one attached hydrogen (secondary N) is 2.